The van der Waals surface area contributed by atoms with Gasteiger partial charge in [0.25, 0.3) is 0 Å². The van der Waals surface area contributed by atoms with Gasteiger partial charge in [-0.25, -0.2) is 0 Å². The number of rotatable bonds is 4. The quantitative estimate of drug-likeness (QED) is 0.635. The van der Waals surface area contributed by atoms with Crippen molar-refractivity contribution in [2.75, 3.05) is 0 Å². The Hall–Kier alpha value is 0. The zero-order valence-electron chi connectivity index (χ0n) is 10.6. The Labute approximate surface area is 94.8 Å². The van der Waals surface area contributed by atoms with E-state index in [2.05, 4.69) is 20.8 Å². The first kappa shape index (κ1) is 10.2. The fourth-order valence-corrected chi connectivity index (χ4v) is 4.10. The van der Waals surface area contributed by atoms with Crippen molar-refractivity contribution in [3.05, 3.63) is 0 Å². The van der Waals surface area contributed by atoms with Crippen LogP contribution in [0.5, 0.6) is 0 Å². The van der Waals surface area contributed by atoms with Crippen molar-refractivity contribution < 1.29 is 0 Å². The minimum atomic E-state index is 0.798. The zero-order chi connectivity index (χ0) is 10.6. The summed E-state index contributed by atoms with van der Waals surface area (Å²) in [6.07, 6.45) is 9.29. The minimum Gasteiger partial charge on any atom is -0.0625 e. The molecule has 0 heteroatoms. The Morgan fingerprint density at radius 2 is 1.87 bits per heavy atom. The van der Waals surface area contributed by atoms with E-state index in [0.29, 0.717) is 0 Å². The van der Waals surface area contributed by atoms with Crippen LogP contribution < -0.4 is 0 Å². The van der Waals surface area contributed by atoms with Crippen LogP contribution in [0.2, 0.25) is 0 Å². The van der Waals surface area contributed by atoms with Gasteiger partial charge in [-0.05, 0) is 73.5 Å². The summed E-state index contributed by atoms with van der Waals surface area (Å²) in [6.45, 7) is 7.32. The molecule has 0 N–H and O–H groups in total. The molecule has 0 spiro atoms. The standard InChI is InChI=1S/C15H26/c1-10(2)12-9-13-11(8-14(12)13)4-5-15(3)6-7-15/h10-14H,4-9H2,1-3H3. The Bertz CT molecular complexity index is 249. The average Bonchev–Trinajstić information content (AvgIpc) is 2.86. The predicted octanol–water partition coefficient (Wildman–Crippen LogP) is 4.49. The highest BCUT2D eigenvalue weighted by Crippen LogP contribution is 2.62. The first-order valence-corrected chi connectivity index (χ1v) is 7.09. The maximum Gasteiger partial charge on any atom is -0.0325 e. The molecule has 0 aromatic carbocycles. The van der Waals surface area contributed by atoms with Crippen LogP contribution in [0.4, 0.5) is 0 Å². The van der Waals surface area contributed by atoms with Crippen LogP contribution in [0, 0.1) is 35.0 Å². The van der Waals surface area contributed by atoms with E-state index in [1.165, 1.54) is 25.2 Å². The second-order valence-electron chi connectivity index (χ2n) is 7.32. The second-order valence-corrected chi connectivity index (χ2v) is 7.32. The molecule has 0 aromatic heterocycles. The number of hydrogen-bond donors (Lipinski definition) is 0. The van der Waals surface area contributed by atoms with Crippen molar-refractivity contribution >= 4 is 0 Å². The number of hydrogen-bond acceptors (Lipinski definition) is 0. The Morgan fingerprint density at radius 3 is 2.33 bits per heavy atom. The Morgan fingerprint density at radius 1 is 1.13 bits per heavy atom. The minimum absolute atomic E-state index is 0.798. The molecule has 4 unspecified atom stereocenters. The van der Waals surface area contributed by atoms with Crippen LogP contribution in [0.15, 0.2) is 0 Å². The van der Waals surface area contributed by atoms with Gasteiger partial charge in [0.2, 0.25) is 0 Å². The van der Waals surface area contributed by atoms with E-state index < -0.39 is 0 Å². The lowest BCUT2D eigenvalue weighted by Crippen LogP contribution is -2.52. The molecule has 15 heavy (non-hydrogen) atoms. The SMILES string of the molecule is CC(C)C1CC2C(CCC3(C)CC3)CC12. The average molecular weight is 206 g/mol. The van der Waals surface area contributed by atoms with Gasteiger partial charge in [0.05, 0.1) is 0 Å². The van der Waals surface area contributed by atoms with Gasteiger partial charge in [0.1, 0.15) is 0 Å². The fraction of sp³-hybridized carbons (Fsp3) is 1.00. The van der Waals surface area contributed by atoms with Crippen molar-refractivity contribution in [3.63, 3.8) is 0 Å². The molecule has 0 radical (unpaired) electrons. The van der Waals surface area contributed by atoms with E-state index in [1.807, 2.05) is 0 Å². The summed E-state index contributed by atoms with van der Waals surface area (Å²) in [5.41, 5.74) is 0.798. The molecule has 3 aliphatic rings. The molecule has 0 nitrogen and oxygen atoms in total. The smallest absolute Gasteiger partial charge is 0.0325 e. The Balaban J connectivity index is 1.42. The highest BCUT2D eigenvalue weighted by molar-refractivity contribution is 5.03. The summed E-state index contributed by atoms with van der Waals surface area (Å²) < 4.78 is 0. The maximum atomic E-state index is 2.49. The van der Waals surface area contributed by atoms with Gasteiger partial charge in [-0.2, -0.15) is 0 Å². The lowest BCUT2D eigenvalue weighted by atomic mass is 9.45. The van der Waals surface area contributed by atoms with Gasteiger partial charge < -0.3 is 0 Å². The summed E-state index contributed by atoms with van der Waals surface area (Å²) >= 11 is 0. The molecule has 0 aliphatic heterocycles. The molecule has 3 saturated carbocycles. The van der Waals surface area contributed by atoms with Crippen LogP contribution in [-0.4, -0.2) is 0 Å². The van der Waals surface area contributed by atoms with E-state index >= 15 is 0 Å². The highest BCUT2D eigenvalue weighted by Gasteiger charge is 2.54. The highest BCUT2D eigenvalue weighted by atomic mass is 14.6. The molecular weight excluding hydrogens is 180 g/mol. The van der Waals surface area contributed by atoms with Crippen molar-refractivity contribution in [1.82, 2.24) is 0 Å². The first-order chi connectivity index (χ1) is 7.09. The van der Waals surface area contributed by atoms with E-state index in [0.717, 1.165) is 29.1 Å². The molecule has 4 atom stereocenters. The van der Waals surface area contributed by atoms with Gasteiger partial charge in [-0.3, -0.25) is 0 Å². The Kier molecular flexibility index (Phi) is 2.20. The molecule has 0 saturated heterocycles. The lowest BCUT2D eigenvalue weighted by molar-refractivity contribution is -0.110. The van der Waals surface area contributed by atoms with Crippen LogP contribution in [0.25, 0.3) is 0 Å². The molecule has 0 bridgehead atoms. The maximum absolute atomic E-state index is 2.49. The lowest BCUT2D eigenvalue weighted by Gasteiger charge is -2.60. The number of fused-ring (bicyclic) bond motifs is 1. The summed E-state index contributed by atoms with van der Waals surface area (Å²) in [5.74, 6) is 5.51. The van der Waals surface area contributed by atoms with Gasteiger partial charge in [0.15, 0.2) is 0 Å². The molecule has 0 amide bonds. The topological polar surface area (TPSA) is 0 Å². The molecule has 3 rings (SSSR count). The van der Waals surface area contributed by atoms with Crippen LogP contribution in [0.1, 0.15) is 59.3 Å². The molecule has 0 heterocycles. The van der Waals surface area contributed by atoms with Gasteiger partial charge in [-0.15, -0.1) is 0 Å². The van der Waals surface area contributed by atoms with Gasteiger partial charge in [0, 0.05) is 0 Å². The molecule has 0 aromatic rings. The summed E-state index contributed by atoms with van der Waals surface area (Å²) in [6, 6.07) is 0. The second kappa shape index (κ2) is 3.25. The van der Waals surface area contributed by atoms with Crippen LogP contribution >= 0.6 is 0 Å². The van der Waals surface area contributed by atoms with E-state index in [-0.39, 0.29) is 0 Å². The predicted molar refractivity (Wildman–Crippen MR) is 64.6 cm³/mol. The van der Waals surface area contributed by atoms with Crippen LogP contribution in [-0.2, 0) is 0 Å². The summed E-state index contributed by atoms with van der Waals surface area (Å²) in [7, 11) is 0. The summed E-state index contributed by atoms with van der Waals surface area (Å²) in [5, 5.41) is 0. The third kappa shape index (κ3) is 1.65. The molecule has 3 aliphatic carbocycles. The van der Waals surface area contributed by atoms with Crippen molar-refractivity contribution in [2.45, 2.75) is 59.3 Å². The first-order valence-electron chi connectivity index (χ1n) is 7.09. The zero-order valence-corrected chi connectivity index (χ0v) is 10.6. The van der Waals surface area contributed by atoms with E-state index in [1.54, 1.807) is 19.3 Å². The largest absolute Gasteiger partial charge is 0.0625 e. The van der Waals surface area contributed by atoms with Crippen molar-refractivity contribution in [1.29, 1.82) is 0 Å². The monoisotopic (exact) mass is 206 g/mol. The fourth-order valence-electron chi connectivity index (χ4n) is 4.10. The summed E-state index contributed by atoms with van der Waals surface area (Å²) in [4.78, 5) is 0. The van der Waals surface area contributed by atoms with E-state index in [4.69, 9.17) is 0 Å². The van der Waals surface area contributed by atoms with Gasteiger partial charge in [-0.1, -0.05) is 20.8 Å². The van der Waals surface area contributed by atoms with Crippen molar-refractivity contribution in [3.8, 4) is 0 Å². The molecule has 3 fully saturated rings. The van der Waals surface area contributed by atoms with Gasteiger partial charge >= 0.3 is 0 Å². The third-order valence-electron chi connectivity index (χ3n) is 5.90. The third-order valence-corrected chi connectivity index (χ3v) is 5.90. The molecule has 86 valence electrons. The van der Waals surface area contributed by atoms with Crippen LogP contribution in [0.3, 0.4) is 0 Å². The normalized spacial score (nSPS) is 45.6. The van der Waals surface area contributed by atoms with Crippen molar-refractivity contribution in [2.24, 2.45) is 35.0 Å². The molecular formula is C15H26. The van der Waals surface area contributed by atoms with E-state index in [9.17, 15) is 0 Å².